The van der Waals surface area contributed by atoms with Crippen LogP contribution < -0.4 is 0 Å². The van der Waals surface area contributed by atoms with E-state index in [-0.39, 0.29) is 11.2 Å². The minimum absolute atomic E-state index is 0.235. The van der Waals surface area contributed by atoms with Crippen LogP contribution in [0.1, 0.15) is 36.1 Å². The number of fused-ring (bicyclic) bond motifs is 1. The second-order valence-electron chi connectivity index (χ2n) is 5.05. The third-order valence-corrected chi connectivity index (χ3v) is 4.31. The summed E-state index contributed by atoms with van der Waals surface area (Å²) in [5, 5.41) is 0.738. The van der Waals surface area contributed by atoms with Crippen molar-refractivity contribution in [3.63, 3.8) is 0 Å². The molecule has 3 rings (SSSR count). The molecule has 1 aliphatic carbocycles. The van der Waals surface area contributed by atoms with Crippen LogP contribution in [0.4, 0.5) is 0 Å². The average molecular weight is 293 g/mol. The molecule has 0 bridgehead atoms. The Kier molecular flexibility index (Phi) is 3.46. The highest BCUT2D eigenvalue weighted by atomic mass is 35.5. The Bertz CT molecular complexity index is 599. The molecule has 1 heterocycles. The van der Waals surface area contributed by atoms with Crippen molar-refractivity contribution in [1.82, 2.24) is 9.97 Å². The summed E-state index contributed by atoms with van der Waals surface area (Å²) < 4.78 is 0. The van der Waals surface area contributed by atoms with Gasteiger partial charge in [0, 0.05) is 11.5 Å². The van der Waals surface area contributed by atoms with Gasteiger partial charge in [0.1, 0.15) is 5.15 Å². The van der Waals surface area contributed by atoms with E-state index >= 15 is 0 Å². The first-order valence-electron chi connectivity index (χ1n) is 6.43. The van der Waals surface area contributed by atoms with Gasteiger partial charge in [-0.25, -0.2) is 9.97 Å². The molecule has 2 atom stereocenters. The number of aromatic nitrogens is 2. The number of halogens is 2. The third-order valence-electron chi connectivity index (χ3n) is 3.83. The van der Waals surface area contributed by atoms with Gasteiger partial charge in [-0.1, -0.05) is 48.9 Å². The lowest BCUT2D eigenvalue weighted by atomic mass is 9.75. The molecule has 0 N–H and O–H groups in total. The summed E-state index contributed by atoms with van der Waals surface area (Å²) in [4.78, 5) is 8.51. The fourth-order valence-corrected chi connectivity index (χ4v) is 3.38. The number of hydrogen-bond donors (Lipinski definition) is 0. The molecule has 0 amide bonds. The van der Waals surface area contributed by atoms with Crippen LogP contribution in [-0.4, -0.2) is 9.97 Å². The minimum Gasteiger partial charge on any atom is -0.222 e. The first kappa shape index (κ1) is 12.9. The highest BCUT2D eigenvalue weighted by Gasteiger charge is 2.31. The van der Waals surface area contributed by atoms with E-state index in [1.54, 1.807) is 0 Å². The summed E-state index contributed by atoms with van der Waals surface area (Å²) in [7, 11) is 0. The predicted octanol–water partition coefficient (Wildman–Crippen LogP) is 4.50. The van der Waals surface area contributed by atoms with E-state index < -0.39 is 0 Å². The molecule has 1 aromatic carbocycles. The Morgan fingerprint density at radius 1 is 1.11 bits per heavy atom. The van der Waals surface area contributed by atoms with Gasteiger partial charge in [-0.05, 0) is 35.9 Å². The van der Waals surface area contributed by atoms with Gasteiger partial charge in [-0.3, -0.25) is 0 Å². The minimum atomic E-state index is 0.235. The van der Waals surface area contributed by atoms with Crippen molar-refractivity contribution in [2.75, 3.05) is 0 Å². The first-order chi connectivity index (χ1) is 9.16. The lowest BCUT2D eigenvalue weighted by Gasteiger charge is -2.31. The molecule has 4 heteroatoms. The van der Waals surface area contributed by atoms with E-state index in [0.29, 0.717) is 11.1 Å². The topological polar surface area (TPSA) is 25.8 Å². The van der Waals surface area contributed by atoms with Crippen LogP contribution in [0.5, 0.6) is 0 Å². The summed E-state index contributed by atoms with van der Waals surface area (Å²) in [5.41, 5.74) is 3.31. The molecule has 0 spiro atoms. The van der Waals surface area contributed by atoms with Crippen molar-refractivity contribution in [2.45, 2.75) is 25.7 Å². The van der Waals surface area contributed by atoms with E-state index in [9.17, 15) is 0 Å². The van der Waals surface area contributed by atoms with Gasteiger partial charge in [0.15, 0.2) is 0 Å². The summed E-state index contributed by atoms with van der Waals surface area (Å²) in [6, 6.07) is 10.4. The molecule has 0 saturated heterocycles. The summed E-state index contributed by atoms with van der Waals surface area (Å²) in [5.74, 6) is 0.778. The largest absolute Gasteiger partial charge is 0.224 e. The maximum atomic E-state index is 6.21. The smallest absolute Gasteiger partial charge is 0.222 e. The standard InChI is InChI=1S/C15H14Cl2N2/c1-9-7-8-11-13(18-15(17)19-14(11)16)12(9)10-5-3-2-4-6-10/h2-6,9,12H,7-8H2,1H3. The molecule has 2 unspecified atom stereocenters. The Hall–Kier alpha value is -1.12. The van der Waals surface area contributed by atoms with Crippen LogP contribution in [0.3, 0.4) is 0 Å². The van der Waals surface area contributed by atoms with E-state index in [1.165, 1.54) is 5.56 Å². The second-order valence-corrected chi connectivity index (χ2v) is 5.75. The Morgan fingerprint density at radius 3 is 2.58 bits per heavy atom. The maximum Gasteiger partial charge on any atom is 0.224 e. The second kappa shape index (κ2) is 5.10. The molecule has 19 heavy (non-hydrogen) atoms. The highest BCUT2D eigenvalue weighted by Crippen LogP contribution is 2.41. The first-order valence-corrected chi connectivity index (χ1v) is 7.19. The van der Waals surface area contributed by atoms with E-state index in [1.807, 2.05) is 6.07 Å². The molecule has 2 nitrogen and oxygen atoms in total. The lowest BCUT2D eigenvalue weighted by molar-refractivity contribution is 0.435. The quantitative estimate of drug-likeness (QED) is 0.571. The van der Waals surface area contributed by atoms with Crippen molar-refractivity contribution in [3.05, 3.63) is 57.6 Å². The fraction of sp³-hybridized carbons (Fsp3) is 0.333. The highest BCUT2D eigenvalue weighted by molar-refractivity contribution is 6.32. The van der Waals surface area contributed by atoms with Crippen molar-refractivity contribution in [3.8, 4) is 0 Å². The molecule has 0 radical (unpaired) electrons. The summed E-state index contributed by atoms with van der Waals surface area (Å²) in [6.45, 7) is 2.25. The molecule has 1 aliphatic rings. The molecular weight excluding hydrogens is 279 g/mol. The number of nitrogens with zero attached hydrogens (tertiary/aromatic N) is 2. The van der Waals surface area contributed by atoms with E-state index in [2.05, 4.69) is 41.2 Å². The van der Waals surface area contributed by atoms with Gasteiger partial charge in [0.25, 0.3) is 0 Å². The van der Waals surface area contributed by atoms with Gasteiger partial charge < -0.3 is 0 Å². The maximum absolute atomic E-state index is 6.21. The Morgan fingerprint density at radius 2 is 1.84 bits per heavy atom. The molecule has 0 fully saturated rings. The zero-order chi connectivity index (χ0) is 13.4. The van der Waals surface area contributed by atoms with Gasteiger partial charge in [0.2, 0.25) is 5.28 Å². The van der Waals surface area contributed by atoms with E-state index in [4.69, 9.17) is 23.2 Å². The zero-order valence-corrected chi connectivity index (χ0v) is 12.1. The Labute approximate surface area is 122 Å². The number of rotatable bonds is 1. The van der Waals surface area contributed by atoms with Gasteiger partial charge in [0.05, 0.1) is 5.69 Å². The number of benzene rings is 1. The zero-order valence-electron chi connectivity index (χ0n) is 10.6. The lowest BCUT2D eigenvalue weighted by Crippen LogP contribution is -2.22. The van der Waals surface area contributed by atoms with Crippen molar-refractivity contribution >= 4 is 23.2 Å². The van der Waals surface area contributed by atoms with Crippen molar-refractivity contribution in [2.24, 2.45) is 5.92 Å². The Balaban J connectivity index is 2.17. The molecule has 0 aliphatic heterocycles. The van der Waals surface area contributed by atoms with Gasteiger partial charge in [-0.2, -0.15) is 0 Å². The van der Waals surface area contributed by atoms with Gasteiger partial charge >= 0.3 is 0 Å². The molecule has 0 saturated carbocycles. The third kappa shape index (κ3) is 2.35. The van der Waals surface area contributed by atoms with Crippen LogP contribution in [-0.2, 0) is 6.42 Å². The molecular formula is C15H14Cl2N2. The SMILES string of the molecule is CC1CCc2c(Cl)nc(Cl)nc2C1c1ccccc1. The average Bonchev–Trinajstić information content (AvgIpc) is 2.39. The van der Waals surface area contributed by atoms with Crippen LogP contribution in [0, 0.1) is 5.92 Å². The normalized spacial score (nSPS) is 22.1. The fourth-order valence-electron chi connectivity index (χ4n) is 2.89. The number of hydrogen-bond acceptors (Lipinski definition) is 2. The van der Waals surface area contributed by atoms with Gasteiger partial charge in [-0.15, -0.1) is 0 Å². The molecule has 1 aromatic heterocycles. The summed E-state index contributed by atoms with van der Waals surface area (Å²) >= 11 is 12.2. The van der Waals surface area contributed by atoms with Crippen molar-refractivity contribution in [1.29, 1.82) is 0 Å². The van der Waals surface area contributed by atoms with Crippen molar-refractivity contribution < 1.29 is 0 Å². The molecule has 98 valence electrons. The van der Waals surface area contributed by atoms with E-state index in [0.717, 1.165) is 24.1 Å². The monoisotopic (exact) mass is 292 g/mol. The van der Waals surface area contributed by atoms with Crippen LogP contribution in [0.25, 0.3) is 0 Å². The van der Waals surface area contributed by atoms with Crippen LogP contribution in [0.15, 0.2) is 30.3 Å². The predicted molar refractivity (Wildman–Crippen MR) is 77.8 cm³/mol. The van der Waals surface area contributed by atoms with Crippen LogP contribution >= 0.6 is 23.2 Å². The summed E-state index contributed by atoms with van der Waals surface area (Å²) in [6.07, 6.45) is 2.02. The van der Waals surface area contributed by atoms with Crippen LogP contribution in [0.2, 0.25) is 10.4 Å². The molecule has 2 aromatic rings.